The molecule has 0 radical (unpaired) electrons. The SMILES string of the molecule is CCn1cc(CN(Oc2ccc3c(c2)CCC(c2ccccc2)O3)C2CCCCC2)cn1. The topological polar surface area (TPSA) is 39.5 Å². The van der Waals surface area contributed by atoms with Crippen LogP contribution in [0.5, 0.6) is 11.5 Å². The normalized spacial score (nSPS) is 18.9. The van der Waals surface area contributed by atoms with Crippen LogP contribution >= 0.6 is 0 Å². The van der Waals surface area contributed by atoms with Crippen molar-refractivity contribution in [2.75, 3.05) is 0 Å². The van der Waals surface area contributed by atoms with Gasteiger partial charge in [0.15, 0.2) is 0 Å². The molecule has 168 valence electrons. The molecule has 1 aromatic heterocycles. The Kier molecular flexibility index (Phi) is 6.44. The summed E-state index contributed by atoms with van der Waals surface area (Å²) in [5.41, 5.74) is 3.68. The zero-order valence-corrected chi connectivity index (χ0v) is 19.0. The highest BCUT2D eigenvalue weighted by atomic mass is 16.7. The minimum atomic E-state index is 0.129. The van der Waals surface area contributed by atoms with Crippen molar-refractivity contribution in [2.24, 2.45) is 0 Å². The molecule has 3 aromatic rings. The number of rotatable bonds is 7. The van der Waals surface area contributed by atoms with Gasteiger partial charge in [-0.05, 0) is 61.9 Å². The Balaban J connectivity index is 1.31. The van der Waals surface area contributed by atoms with Gasteiger partial charge in [0, 0.05) is 24.3 Å². The van der Waals surface area contributed by atoms with Crippen molar-refractivity contribution >= 4 is 0 Å². The van der Waals surface area contributed by atoms with Crippen molar-refractivity contribution < 1.29 is 9.57 Å². The van der Waals surface area contributed by atoms with Gasteiger partial charge in [0.05, 0.1) is 12.7 Å². The first-order chi connectivity index (χ1) is 15.8. The lowest BCUT2D eigenvalue weighted by Crippen LogP contribution is -2.38. The van der Waals surface area contributed by atoms with Crippen molar-refractivity contribution in [3.8, 4) is 11.5 Å². The summed E-state index contributed by atoms with van der Waals surface area (Å²) in [7, 11) is 0. The maximum Gasteiger partial charge on any atom is 0.148 e. The summed E-state index contributed by atoms with van der Waals surface area (Å²) in [5, 5.41) is 6.64. The van der Waals surface area contributed by atoms with E-state index < -0.39 is 0 Å². The molecule has 2 aliphatic rings. The molecule has 1 fully saturated rings. The van der Waals surface area contributed by atoms with Crippen LogP contribution in [0.4, 0.5) is 0 Å². The predicted octanol–water partition coefficient (Wildman–Crippen LogP) is 6.10. The summed E-state index contributed by atoms with van der Waals surface area (Å²) in [6, 6.07) is 17.3. The molecule has 5 rings (SSSR count). The third-order valence-electron chi connectivity index (χ3n) is 6.70. The van der Waals surface area contributed by atoms with Gasteiger partial charge in [-0.15, -0.1) is 5.06 Å². The van der Waals surface area contributed by atoms with E-state index in [2.05, 4.69) is 71.8 Å². The number of ether oxygens (including phenoxy) is 1. The lowest BCUT2D eigenvalue weighted by Gasteiger charge is -2.33. The molecule has 0 saturated heterocycles. The number of nitrogens with zero attached hydrogens (tertiary/aromatic N) is 3. The minimum absolute atomic E-state index is 0.129. The zero-order chi connectivity index (χ0) is 21.8. The molecule has 1 aliphatic carbocycles. The summed E-state index contributed by atoms with van der Waals surface area (Å²) in [6.07, 6.45) is 12.5. The van der Waals surface area contributed by atoms with Gasteiger partial charge in [-0.2, -0.15) is 5.10 Å². The second kappa shape index (κ2) is 9.78. The standard InChI is InChI=1S/C27H33N3O2/c1-2-29-19-21(18-28-29)20-30(24-11-7-4-8-12-24)32-25-14-16-27-23(17-25)13-15-26(31-27)22-9-5-3-6-10-22/h3,5-6,9-10,14,16-19,24,26H,2,4,7-8,11-13,15,20H2,1H3. The van der Waals surface area contributed by atoms with Crippen LogP contribution in [0.15, 0.2) is 60.9 Å². The number of hydroxylamine groups is 2. The van der Waals surface area contributed by atoms with Gasteiger partial charge in [0.2, 0.25) is 0 Å². The Hall–Kier alpha value is -2.79. The van der Waals surface area contributed by atoms with Gasteiger partial charge in [-0.1, -0.05) is 49.6 Å². The Morgan fingerprint density at radius 3 is 2.69 bits per heavy atom. The van der Waals surface area contributed by atoms with Gasteiger partial charge >= 0.3 is 0 Å². The molecule has 2 heterocycles. The van der Waals surface area contributed by atoms with Crippen LogP contribution in [-0.4, -0.2) is 20.9 Å². The van der Waals surface area contributed by atoms with E-state index in [0.717, 1.165) is 37.4 Å². The van der Waals surface area contributed by atoms with E-state index in [9.17, 15) is 0 Å². The average Bonchev–Trinajstić information content (AvgIpc) is 3.32. The van der Waals surface area contributed by atoms with E-state index in [1.54, 1.807) is 0 Å². The second-order valence-corrected chi connectivity index (χ2v) is 8.99. The van der Waals surface area contributed by atoms with Crippen molar-refractivity contribution in [1.82, 2.24) is 14.8 Å². The Bertz CT molecular complexity index is 1010. The highest BCUT2D eigenvalue weighted by molar-refractivity contribution is 5.42. The summed E-state index contributed by atoms with van der Waals surface area (Å²) in [5.74, 6) is 1.88. The highest BCUT2D eigenvalue weighted by Gasteiger charge is 2.25. The smallest absolute Gasteiger partial charge is 0.148 e. The van der Waals surface area contributed by atoms with E-state index >= 15 is 0 Å². The predicted molar refractivity (Wildman–Crippen MR) is 126 cm³/mol. The fraction of sp³-hybridized carbons (Fsp3) is 0.444. The first-order valence-electron chi connectivity index (χ1n) is 12.1. The van der Waals surface area contributed by atoms with Crippen molar-refractivity contribution in [2.45, 2.75) is 77.1 Å². The maximum absolute atomic E-state index is 6.52. The number of aryl methyl sites for hydroxylation is 2. The molecule has 32 heavy (non-hydrogen) atoms. The summed E-state index contributed by atoms with van der Waals surface area (Å²) < 4.78 is 8.30. The van der Waals surface area contributed by atoms with E-state index in [1.807, 2.05) is 10.9 Å². The number of aromatic nitrogens is 2. The van der Waals surface area contributed by atoms with Crippen LogP contribution in [0.1, 0.15) is 68.2 Å². The van der Waals surface area contributed by atoms with Crippen LogP contribution < -0.4 is 9.57 Å². The van der Waals surface area contributed by atoms with E-state index in [1.165, 1.54) is 48.8 Å². The molecule has 1 atom stereocenters. The molecule has 1 unspecified atom stereocenters. The summed E-state index contributed by atoms with van der Waals surface area (Å²) >= 11 is 0. The Morgan fingerprint density at radius 2 is 1.91 bits per heavy atom. The molecular formula is C27H33N3O2. The lowest BCUT2D eigenvalue weighted by atomic mass is 9.95. The number of hydrogen-bond donors (Lipinski definition) is 0. The first kappa shape index (κ1) is 21.1. The fourth-order valence-electron chi connectivity index (χ4n) is 4.91. The van der Waals surface area contributed by atoms with Crippen LogP contribution in [0.25, 0.3) is 0 Å². The molecule has 0 amide bonds. The van der Waals surface area contributed by atoms with Crippen LogP contribution in [-0.2, 0) is 19.5 Å². The quantitative estimate of drug-likeness (QED) is 0.424. The molecular weight excluding hydrogens is 398 g/mol. The fourth-order valence-corrected chi connectivity index (χ4v) is 4.91. The zero-order valence-electron chi connectivity index (χ0n) is 19.0. The van der Waals surface area contributed by atoms with Gasteiger partial charge < -0.3 is 9.57 Å². The summed E-state index contributed by atoms with van der Waals surface area (Å²) in [6.45, 7) is 3.76. The molecule has 0 bridgehead atoms. The van der Waals surface area contributed by atoms with Crippen molar-refractivity contribution in [1.29, 1.82) is 0 Å². The second-order valence-electron chi connectivity index (χ2n) is 8.99. The monoisotopic (exact) mass is 431 g/mol. The minimum Gasteiger partial charge on any atom is -0.485 e. The van der Waals surface area contributed by atoms with Crippen molar-refractivity contribution in [3.63, 3.8) is 0 Å². The number of fused-ring (bicyclic) bond motifs is 1. The van der Waals surface area contributed by atoms with Crippen LogP contribution in [0, 0.1) is 0 Å². The molecule has 2 aromatic carbocycles. The van der Waals surface area contributed by atoms with E-state index in [-0.39, 0.29) is 6.10 Å². The third-order valence-corrected chi connectivity index (χ3v) is 6.70. The lowest BCUT2D eigenvalue weighted by molar-refractivity contribution is -0.113. The summed E-state index contributed by atoms with van der Waals surface area (Å²) in [4.78, 5) is 6.52. The third kappa shape index (κ3) is 4.83. The van der Waals surface area contributed by atoms with Crippen molar-refractivity contribution in [3.05, 3.63) is 77.6 Å². The molecule has 1 aliphatic heterocycles. The van der Waals surface area contributed by atoms with Gasteiger partial charge in [0.25, 0.3) is 0 Å². The van der Waals surface area contributed by atoms with Gasteiger partial charge in [-0.25, -0.2) is 0 Å². The number of benzene rings is 2. The average molecular weight is 432 g/mol. The molecule has 1 saturated carbocycles. The van der Waals surface area contributed by atoms with E-state index in [0.29, 0.717) is 6.04 Å². The van der Waals surface area contributed by atoms with Gasteiger partial charge in [-0.3, -0.25) is 4.68 Å². The van der Waals surface area contributed by atoms with Gasteiger partial charge in [0.1, 0.15) is 17.6 Å². The first-order valence-corrected chi connectivity index (χ1v) is 12.1. The van der Waals surface area contributed by atoms with Crippen LogP contribution in [0.3, 0.4) is 0 Å². The molecule has 0 spiro atoms. The molecule has 5 nitrogen and oxygen atoms in total. The number of hydrogen-bond acceptors (Lipinski definition) is 4. The molecule has 0 N–H and O–H groups in total. The largest absolute Gasteiger partial charge is 0.485 e. The van der Waals surface area contributed by atoms with E-state index in [4.69, 9.17) is 9.57 Å². The highest BCUT2D eigenvalue weighted by Crippen LogP contribution is 2.37. The molecule has 5 heteroatoms. The Labute approximate surface area is 190 Å². The maximum atomic E-state index is 6.52. The Morgan fingerprint density at radius 1 is 1.06 bits per heavy atom. The van der Waals surface area contributed by atoms with Crippen LogP contribution in [0.2, 0.25) is 0 Å².